The fraction of sp³-hybridized carbons (Fsp3) is 0. The molecular formula is C78H46O2. The molecule has 0 saturated heterocycles. The molecule has 0 fully saturated rings. The summed E-state index contributed by atoms with van der Waals surface area (Å²) in [7, 11) is 0. The van der Waals surface area contributed by atoms with Crippen LogP contribution in [0.15, 0.2) is 288 Å². The Labute approximate surface area is 460 Å². The fourth-order valence-corrected chi connectivity index (χ4v) is 13.5. The van der Waals surface area contributed by atoms with Gasteiger partial charge in [0.25, 0.3) is 0 Å². The van der Waals surface area contributed by atoms with Crippen molar-refractivity contribution in [3.05, 3.63) is 279 Å². The zero-order chi connectivity index (χ0) is 52.4. The summed E-state index contributed by atoms with van der Waals surface area (Å²) in [5.41, 5.74) is 17.8. The Balaban J connectivity index is 0.823. The average molecular weight is 1020 g/mol. The topological polar surface area (TPSA) is 26.3 Å². The van der Waals surface area contributed by atoms with Crippen LogP contribution in [0.25, 0.3) is 175 Å². The first-order valence-electron chi connectivity index (χ1n) is 27.6. The lowest BCUT2D eigenvalue weighted by Crippen LogP contribution is -1.93. The molecule has 0 N–H and O–H groups in total. The van der Waals surface area contributed by atoms with Crippen molar-refractivity contribution in [1.82, 2.24) is 0 Å². The van der Waals surface area contributed by atoms with E-state index in [2.05, 4.69) is 279 Å². The lowest BCUT2D eigenvalue weighted by Gasteiger charge is -2.20. The van der Waals surface area contributed by atoms with E-state index in [4.69, 9.17) is 8.83 Å². The molecule has 0 atom stereocenters. The van der Waals surface area contributed by atoms with Crippen molar-refractivity contribution in [3.63, 3.8) is 0 Å². The number of fused-ring (bicyclic) bond motifs is 12. The number of furan rings is 2. The minimum atomic E-state index is 0.870. The standard InChI is InChI=1S/C78H46O2/c1-2-18-47(19-3-1)53-39-41-65(56-23-7-6-22-55(53)56)75-61-28-12-14-30-63(61)76(64-31-15-13-29-62(64)75)67-42-40-54(78-77(67)66-32-16-17-33-70(66)80-78)48-34-36-49(37-35-48)73-57-24-8-10-26-59(57)74(60-27-11-9-25-58(60)73)52-38-43-71-68(45-52)69-44-50-20-4-5-21-51(50)46-72(69)79-71/h1-46H. The lowest BCUT2D eigenvalue weighted by atomic mass is 9.82. The van der Waals surface area contributed by atoms with Crippen LogP contribution in [-0.2, 0) is 0 Å². The van der Waals surface area contributed by atoms with E-state index in [1.54, 1.807) is 0 Å². The molecule has 0 saturated carbocycles. The molecule has 0 aliphatic carbocycles. The summed E-state index contributed by atoms with van der Waals surface area (Å²) in [6.45, 7) is 0. The van der Waals surface area contributed by atoms with Crippen molar-refractivity contribution < 1.29 is 8.83 Å². The van der Waals surface area contributed by atoms with Gasteiger partial charge in [0.2, 0.25) is 0 Å². The Morgan fingerprint density at radius 1 is 0.188 bits per heavy atom. The van der Waals surface area contributed by atoms with Gasteiger partial charge in [-0.15, -0.1) is 0 Å². The Morgan fingerprint density at radius 2 is 0.588 bits per heavy atom. The summed E-state index contributed by atoms with van der Waals surface area (Å²) >= 11 is 0. The minimum Gasteiger partial charge on any atom is -0.456 e. The third-order valence-electron chi connectivity index (χ3n) is 17.0. The molecule has 17 rings (SSSR count). The van der Waals surface area contributed by atoms with E-state index in [1.807, 2.05) is 0 Å². The molecular weight excluding hydrogens is 969 g/mol. The van der Waals surface area contributed by atoms with Crippen LogP contribution in [-0.4, -0.2) is 0 Å². The van der Waals surface area contributed by atoms with Crippen molar-refractivity contribution in [2.45, 2.75) is 0 Å². The molecule has 2 nitrogen and oxygen atoms in total. The predicted octanol–water partition coefficient (Wildman–Crippen LogP) is 22.4. The Kier molecular flexibility index (Phi) is 9.75. The molecule has 0 bridgehead atoms. The van der Waals surface area contributed by atoms with Crippen molar-refractivity contribution in [2.75, 3.05) is 0 Å². The molecule has 370 valence electrons. The van der Waals surface area contributed by atoms with Crippen LogP contribution in [0.3, 0.4) is 0 Å². The summed E-state index contributed by atoms with van der Waals surface area (Å²) in [6.07, 6.45) is 0. The summed E-state index contributed by atoms with van der Waals surface area (Å²) in [6, 6.07) is 102. The van der Waals surface area contributed by atoms with Crippen molar-refractivity contribution in [1.29, 1.82) is 0 Å². The van der Waals surface area contributed by atoms with Crippen LogP contribution in [0.4, 0.5) is 0 Å². The SMILES string of the molecule is c1ccc(-c2ccc(-c3c4ccccc4c(-c4ccc(-c5ccc(-c6c7ccccc7c(-c7ccc8oc9cc%10ccccc%10cc9c8c7)c7ccccc67)cc5)c5oc6ccccc6c45)c4ccccc34)c3ccccc23)cc1. The van der Waals surface area contributed by atoms with Gasteiger partial charge in [-0.2, -0.15) is 0 Å². The Bertz CT molecular complexity index is 5290. The van der Waals surface area contributed by atoms with E-state index in [0.717, 1.165) is 66.1 Å². The van der Waals surface area contributed by atoms with Gasteiger partial charge in [0.15, 0.2) is 0 Å². The van der Waals surface area contributed by atoms with Crippen molar-refractivity contribution >= 4 is 109 Å². The van der Waals surface area contributed by atoms with E-state index in [1.165, 1.54) is 109 Å². The molecule has 0 spiro atoms. The highest BCUT2D eigenvalue weighted by Gasteiger charge is 2.25. The van der Waals surface area contributed by atoms with E-state index >= 15 is 0 Å². The first-order chi connectivity index (χ1) is 39.7. The van der Waals surface area contributed by atoms with Crippen LogP contribution in [0.2, 0.25) is 0 Å². The third-order valence-corrected chi connectivity index (χ3v) is 17.0. The van der Waals surface area contributed by atoms with E-state index < -0.39 is 0 Å². The van der Waals surface area contributed by atoms with E-state index in [9.17, 15) is 0 Å². The molecule has 2 aromatic heterocycles. The maximum atomic E-state index is 7.06. The molecule has 0 amide bonds. The number of benzene rings is 15. The van der Waals surface area contributed by atoms with Gasteiger partial charge >= 0.3 is 0 Å². The highest BCUT2D eigenvalue weighted by Crippen LogP contribution is 2.51. The Morgan fingerprint density at radius 3 is 1.21 bits per heavy atom. The summed E-state index contributed by atoms with van der Waals surface area (Å²) < 4.78 is 13.5. The normalized spacial score (nSPS) is 12.0. The van der Waals surface area contributed by atoms with Gasteiger partial charge in [-0.25, -0.2) is 0 Å². The van der Waals surface area contributed by atoms with E-state index in [-0.39, 0.29) is 0 Å². The van der Waals surface area contributed by atoms with Gasteiger partial charge in [-0.1, -0.05) is 243 Å². The third kappa shape index (κ3) is 6.66. The van der Waals surface area contributed by atoms with Crippen LogP contribution >= 0.6 is 0 Å². The Hall–Kier alpha value is -10.5. The quantitative estimate of drug-likeness (QED) is 0.155. The fourth-order valence-electron chi connectivity index (χ4n) is 13.5. The first kappa shape index (κ1) is 44.6. The maximum Gasteiger partial charge on any atom is 0.143 e. The van der Waals surface area contributed by atoms with Gasteiger partial charge in [-0.3, -0.25) is 0 Å². The van der Waals surface area contributed by atoms with Crippen LogP contribution in [0.5, 0.6) is 0 Å². The molecule has 0 unspecified atom stereocenters. The monoisotopic (exact) mass is 1010 g/mol. The average Bonchev–Trinajstić information content (AvgIpc) is 4.22. The van der Waals surface area contributed by atoms with Crippen molar-refractivity contribution in [3.8, 4) is 66.8 Å². The molecule has 0 aliphatic rings. The number of hydrogen-bond donors (Lipinski definition) is 0. The molecule has 0 aliphatic heterocycles. The molecule has 17 aromatic rings. The number of para-hydroxylation sites is 1. The van der Waals surface area contributed by atoms with Crippen LogP contribution in [0.1, 0.15) is 0 Å². The van der Waals surface area contributed by atoms with Gasteiger partial charge in [0.05, 0.1) is 0 Å². The van der Waals surface area contributed by atoms with Gasteiger partial charge in [0, 0.05) is 27.1 Å². The zero-order valence-corrected chi connectivity index (χ0v) is 43.4. The summed E-state index contributed by atoms with van der Waals surface area (Å²) in [5, 5.41) is 19.0. The van der Waals surface area contributed by atoms with Crippen LogP contribution < -0.4 is 0 Å². The molecule has 15 aromatic carbocycles. The highest BCUT2D eigenvalue weighted by atomic mass is 16.3. The molecule has 2 heterocycles. The van der Waals surface area contributed by atoms with Gasteiger partial charge in [-0.05, 0) is 162 Å². The lowest BCUT2D eigenvalue weighted by molar-refractivity contribution is 0.669. The van der Waals surface area contributed by atoms with Crippen LogP contribution in [0, 0.1) is 0 Å². The maximum absolute atomic E-state index is 7.06. The number of rotatable bonds is 6. The van der Waals surface area contributed by atoms with E-state index in [0.29, 0.717) is 0 Å². The first-order valence-corrected chi connectivity index (χ1v) is 27.6. The highest BCUT2D eigenvalue weighted by molar-refractivity contribution is 6.29. The summed E-state index contributed by atoms with van der Waals surface area (Å²) in [5.74, 6) is 0. The van der Waals surface area contributed by atoms with Crippen molar-refractivity contribution in [2.24, 2.45) is 0 Å². The molecule has 80 heavy (non-hydrogen) atoms. The van der Waals surface area contributed by atoms with Gasteiger partial charge in [0.1, 0.15) is 22.3 Å². The largest absolute Gasteiger partial charge is 0.456 e. The predicted molar refractivity (Wildman–Crippen MR) is 339 cm³/mol. The minimum absolute atomic E-state index is 0.870. The molecule has 0 radical (unpaired) electrons. The number of hydrogen-bond acceptors (Lipinski definition) is 2. The zero-order valence-electron chi connectivity index (χ0n) is 43.4. The second kappa shape index (κ2) is 17.5. The summed E-state index contributed by atoms with van der Waals surface area (Å²) in [4.78, 5) is 0. The molecule has 2 heteroatoms. The second-order valence-corrected chi connectivity index (χ2v) is 21.3. The second-order valence-electron chi connectivity index (χ2n) is 21.3. The van der Waals surface area contributed by atoms with Gasteiger partial charge < -0.3 is 8.83 Å². The smallest absolute Gasteiger partial charge is 0.143 e.